The number of nitrogens with zero attached hydrogens (tertiary/aromatic N) is 1. The molecule has 0 unspecified atom stereocenters. The fourth-order valence-electron chi connectivity index (χ4n) is 1.61. The summed E-state index contributed by atoms with van der Waals surface area (Å²) in [6.45, 7) is 3.57. The summed E-state index contributed by atoms with van der Waals surface area (Å²) in [7, 11) is 2.63. The summed E-state index contributed by atoms with van der Waals surface area (Å²) in [4.78, 5) is 26.7. The molecule has 110 valence electrons. The molecule has 0 saturated carbocycles. The number of esters is 1. The Morgan fingerprint density at radius 2 is 1.95 bits per heavy atom. The van der Waals surface area contributed by atoms with Gasteiger partial charge in [0.05, 0.1) is 14.2 Å². The zero-order valence-electron chi connectivity index (χ0n) is 11.8. The lowest BCUT2D eigenvalue weighted by molar-refractivity contribution is -0.138. The van der Waals surface area contributed by atoms with Crippen molar-refractivity contribution in [1.29, 1.82) is 0 Å². The molecule has 0 saturated heterocycles. The maximum absolute atomic E-state index is 11.5. The molecule has 1 heterocycles. The molecular weight excluding hydrogens is 264 g/mol. The summed E-state index contributed by atoms with van der Waals surface area (Å²) < 4.78 is 9.61. The zero-order chi connectivity index (χ0) is 15.3. The van der Waals surface area contributed by atoms with Crippen LogP contribution in [0.1, 0.15) is 24.2 Å². The smallest absolute Gasteiger partial charge is 0.343 e. The second-order valence-corrected chi connectivity index (χ2v) is 4.45. The number of carbonyl (C=O) groups excluding carboxylic acids is 1. The van der Waals surface area contributed by atoms with Crippen molar-refractivity contribution in [2.24, 2.45) is 5.92 Å². The van der Waals surface area contributed by atoms with E-state index in [4.69, 9.17) is 9.84 Å². The molecule has 7 heteroatoms. The van der Waals surface area contributed by atoms with E-state index in [1.807, 2.05) is 0 Å². The van der Waals surface area contributed by atoms with E-state index in [1.54, 1.807) is 13.8 Å². The van der Waals surface area contributed by atoms with E-state index in [0.717, 1.165) is 0 Å². The molecule has 1 atom stereocenters. The molecule has 7 nitrogen and oxygen atoms in total. The third-order valence-electron chi connectivity index (χ3n) is 2.70. The summed E-state index contributed by atoms with van der Waals surface area (Å²) in [5, 5.41) is 11.9. The molecule has 0 bridgehead atoms. The number of ether oxygens (including phenoxy) is 2. The highest BCUT2D eigenvalue weighted by Gasteiger charge is 2.22. The fourth-order valence-corrected chi connectivity index (χ4v) is 1.61. The first-order chi connectivity index (χ1) is 9.40. The van der Waals surface area contributed by atoms with Gasteiger partial charge in [0.25, 0.3) is 0 Å². The molecule has 0 amide bonds. The SMILES string of the molecule is COC(=O)c1ccc(N[C@H](C(=O)O)C(C)C)nc1OC. The minimum absolute atomic E-state index is 0.0785. The van der Waals surface area contributed by atoms with Crippen LogP contribution >= 0.6 is 0 Å². The fraction of sp³-hybridized carbons (Fsp3) is 0.462. The zero-order valence-corrected chi connectivity index (χ0v) is 11.8. The van der Waals surface area contributed by atoms with Crippen molar-refractivity contribution in [3.8, 4) is 5.88 Å². The summed E-state index contributed by atoms with van der Waals surface area (Å²) in [5.41, 5.74) is 0.178. The molecule has 2 N–H and O–H groups in total. The number of nitrogens with one attached hydrogen (secondary N) is 1. The number of methoxy groups -OCH3 is 2. The number of hydrogen-bond donors (Lipinski definition) is 2. The molecule has 0 aromatic carbocycles. The van der Waals surface area contributed by atoms with Crippen LogP contribution in [0, 0.1) is 5.92 Å². The van der Waals surface area contributed by atoms with Crippen LogP contribution in [0.2, 0.25) is 0 Å². The molecule has 1 rings (SSSR count). The quantitative estimate of drug-likeness (QED) is 0.761. The largest absolute Gasteiger partial charge is 0.480 e. The van der Waals surface area contributed by atoms with Gasteiger partial charge in [0, 0.05) is 0 Å². The molecule has 0 radical (unpaired) electrons. The number of rotatable bonds is 6. The third kappa shape index (κ3) is 3.59. The van der Waals surface area contributed by atoms with Crippen molar-refractivity contribution in [3.05, 3.63) is 17.7 Å². The minimum Gasteiger partial charge on any atom is -0.480 e. The van der Waals surface area contributed by atoms with Crippen LogP contribution in [0.4, 0.5) is 5.82 Å². The van der Waals surface area contributed by atoms with Gasteiger partial charge in [0.1, 0.15) is 17.4 Å². The standard InChI is InChI=1S/C13H18N2O5/c1-7(2)10(12(16)17)14-9-6-5-8(13(18)20-4)11(15-9)19-3/h5-7,10H,1-4H3,(H,14,15)(H,16,17)/t10-/m0/s1. The Kier molecular flexibility index (Phi) is 5.31. The number of pyridine rings is 1. The first-order valence-electron chi connectivity index (χ1n) is 6.03. The van der Waals surface area contributed by atoms with E-state index in [-0.39, 0.29) is 17.4 Å². The molecule has 0 aliphatic heterocycles. The van der Waals surface area contributed by atoms with E-state index in [2.05, 4.69) is 15.0 Å². The minimum atomic E-state index is -0.974. The van der Waals surface area contributed by atoms with E-state index in [9.17, 15) is 9.59 Å². The number of hydrogen-bond acceptors (Lipinski definition) is 6. The number of aromatic nitrogens is 1. The molecule has 20 heavy (non-hydrogen) atoms. The first kappa shape index (κ1) is 15.7. The lowest BCUT2D eigenvalue weighted by Gasteiger charge is -2.19. The summed E-state index contributed by atoms with van der Waals surface area (Å²) in [6.07, 6.45) is 0. The Morgan fingerprint density at radius 3 is 2.40 bits per heavy atom. The van der Waals surface area contributed by atoms with Crippen molar-refractivity contribution in [3.63, 3.8) is 0 Å². The molecule has 0 spiro atoms. The van der Waals surface area contributed by atoms with Gasteiger partial charge in [0.15, 0.2) is 0 Å². The number of aliphatic carboxylic acids is 1. The van der Waals surface area contributed by atoms with Crippen LogP contribution < -0.4 is 10.1 Å². The van der Waals surface area contributed by atoms with Crippen LogP contribution in [-0.4, -0.2) is 42.3 Å². The van der Waals surface area contributed by atoms with Crippen LogP contribution in [0.3, 0.4) is 0 Å². The van der Waals surface area contributed by atoms with Crippen molar-refractivity contribution >= 4 is 17.8 Å². The van der Waals surface area contributed by atoms with Gasteiger partial charge in [-0.3, -0.25) is 0 Å². The van der Waals surface area contributed by atoms with Crippen LogP contribution in [0.25, 0.3) is 0 Å². The lowest BCUT2D eigenvalue weighted by Crippen LogP contribution is -2.34. The molecule has 0 aliphatic rings. The van der Waals surface area contributed by atoms with Gasteiger partial charge < -0.3 is 19.9 Å². The van der Waals surface area contributed by atoms with Crippen LogP contribution in [-0.2, 0) is 9.53 Å². The Balaban J connectivity index is 3.04. The highest BCUT2D eigenvalue weighted by molar-refractivity contribution is 5.92. The number of carboxylic acid groups (broad SMARTS) is 1. The topological polar surface area (TPSA) is 97.8 Å². The van der Waals surface area contributed by atoms with Crippen LogP contribution in [0.5, 0.6) is 5.88 Å². The summed E-state index contributed by atoms with van der Waals surface area (Å²) in [6, 6.07) is 2.20. The van der Waals surface area contributed by atoms with E-state index in [1.165, 1.54) is 26.4 Å². The van der Waals surface area contributed by atoms with Gasteiger partial charge in [-0.1, -0.05) is 13.8 Å². The second kappa shape index (κ2) is 6.74. The molecule has 0 fully saturated rings. The average Bonchev–Trinajstić information content (AvgIpc) is 2.42. The van der Waals surface area contributed by atoms with Gasteiger partial charge >= 0.3 is 11.9 Å². The van der Waals surface area contributed by atoms with Gasteiger partial charge in [-0.25, -0.2) is 9.59 Å². The van der Waals surface area contributed by atoms with Gasteiger partial charge in [-0.15, -0.1) is 0 Å². The predicted octanol–water partition coefficient (Wildman–Crippen LogP) is 1.40. The Labute approximate surface area is 116 Å². The van der Waals surface area contributed by atoms with Crippen molar-refractivity contribution < 1.29 is 24.2 Å². The second-order valence-electron chi connectivity index (χ2n) is 4.45. The maximum atomic E-state index is 11.5. The normalized spacial score (nSPS) is 11.8. The molecule has 0 aliphatic carbocycles. The van der Waals surface area contributed by atoms with E-state index in [0.29, 0.717) is 5.82 Å². The van der Waals surface area contributed by atoms with E-state index < -0.39 is 18.0 Å². The van der Waals surface area contributed by atoms with Gasteiger partial charge in [-0.05, 0) is 18.1 Å². The van der Waals surface area contributed by atoms with Crippen molar-refractivity contribution in [2.45, 2.75) is 19.9 Å². The highest BCUT2D eigenvalue weighted by atomic mass is 16.5. The lowest BCUT2D eigenvalue weighted by atomic mass is 10.0. The average molecular weight is 282 g/mol. The Bertz CT molecular complexity index is 502. The van der Waals surface area contributed by atoms with Crippen molar-refractivity contribution in [2.75, 3.05) is 19.5 Å². The maximum Gasteiger partial charge on any atom is 0.343 e. The number of carboxylic acids is 1. The van der Waals surface area contributed by atoms with Crippen molar-refractivity contribution in [1.82, 2.24) is 4.98 Å². The predicted molar refractivity (Wildman–Crippen MR) is 72.0 cm³/mol. The summed E-state index contributed by atoms with van der Waals surface area (Å²) in [5.74, 6) is -1.27. The van der Waals surface area contributed by atoms with Gasteiger partial charge in [-0.2, -0.15) is 4.98 Å². The molecule has 1 aromatic rings. The van der Waals surface area contributed by atoms with E-state index >= 15 is 0 Å². The number of anilines is 1. The molecule has 1 aromatic heterocycles. The number of carbonyl (C=O) groups is 2. The first-order valence-corrected chi connectivity index (χ1v) is 6.03. The summed E-state index contributed by atoms with van der Waals surface area (Å²) >= 11 is 0. The van der Waals surface area contributed by atoms with Gasteiger partial charge in [0.2, 0.25) is 5.88 Å². The highest BCUT2D eigenvalue weighted by Crippen LogP contribution is 2.20. The molecular formula is C13H18N2O5. The Morgan fingerprint density at radius 1 is 1.30 bits per heavy atom. The third-order valence-corrected chi connectivity index (χ3v) is 2.70. The van der Waals surface area contributed by atoms with Crippen LogP contribution in [0.15, 0.2) is 12.1 Å². The monoisotopic (exact) mass is 282 g/mol. The Hall–Kier alpha value is -2.31.